The van der Waals surface area contributed by atoms with Crippen LogP contribution in [0.1, 0.15) is 42.7 Å². The lowest BCUT2D eigenvalue weighted by Gasteiger charge is -2.23. The van der Waals surface area contributed by atoms with Crippen LogP contribution in [0.5, 0.6) is 0 Å². The molecule has 1 fully saturated rings. The van der Waals surface area contributed by atoms with Gasteiger partial charge in [-0.1, -0.05) is 6.07 Å². The normalized spacial score (nSPS) is 19.8. The maximum atomic E-state index is 13.5. The number of hydrogen-bond acceptors (Lipinski definition) is 2. The molecule has 1 aliphatic carbocycles. The summed E-state index contributed by atoms with van der Waals surface area (Å²) in [5.41, 5.74) is 2.12. The van der Waals surface area contributed by atoms with Crippen LogP contribution < -0.4 is 0 Å². The minimum absolute atomic E-state index is 0.0977. The van der Waals surface area contributed by atoms with Gasteiger partial charge in [-0.2, -0.15) is 5.26 Å². The van der Waals surface area contributed by atoms with Gasteiger partial charge in [0.1, 0.15) is 11.9 Å². The molecule has 0 bridgehead atoms. The number of rotatable bonds is 1. The highest BCUT2D eigenvalue weighted by atomic mass is 19.1. The van der Waals surface area contributed by atoms with E-state index in [0.717, 1.165) is 36.8 Å². The first kappa shape index (κ1) is 11.7. The molecule has 2 rings (SSSR count). The third-order valence-corrected chi connectivity index (χ3v) is 3.40. The molecule has 1 saturated carbocycles. The van der Waals surface area contributed by atoms with E-state index in [9.17, 15) is 4.39 Å². The Kier molecular flexibility index (Phi) is 3.43. The van der Waals surface area contributed by atoms with Crippen LogP contribution in [0.25, 0.3) is 0 Å². The number of halogens is 1. The van der Waals surface area contributed by atoms with Gasteiger partial charge in [-0.25, -0.2) is 4.39 Å². The first-order valence-corrected chi connectivity index (χ1v) is 5.76. The highest BCUT2D eigenvalue weighted by Crippen LogP contribution is 2.35. The highest BCUT2D eigenvalue weighted by molar-refractivity contribution is 5.35. The quantitative estimate of drug-likeness (QED) is 0.747. The second-order valence-corrected chi connectivity index (χ2v) is 4.41. The molecule has 0 radical (unpaired) electrons. The van der Waals surface area contributed by atoms with Crippen molar-refractivity contribution in [2.24, 2.45) is 0 Å². The minimum Gasteiger partial charge on any atom is -0.516 e. The summed E-state index contributed by atoms with van der Waals surface area (Å²) in [5.74, 6) is -0.102. The number of nitriles is 1. The van der Waals surface area contributed by atoms with Crippen LogP contribution in [-0.2, 0) is 0 Å². The van der Waals surface area contributed by atoms with E-state index >= 15 is 0 Å². The molecule has 0 atom stereocenters. The molecular weight excluding hydrogens is 217 g/mol. The summed E-state index contributed by atoms with van der Waals surface area (Å²) < 4.78 is 13.5. The summed E-state index contributed by atoms with van der Waals surface area (Å²) in [6.45, 7) is 0. The van der Waals surface area contributed by atoms with Crippen molar-refractivity contribution in [1.29, 1.82) is 5.26 Å². The zero-order valence-corrected chi connectivity index (χ0v) is 9.49. The van der Waals surface area contributed by atoms with Crippen molar-refractivity contribution >= 4 is 0 Å². The van der Waals surface area contributed by atoms with Crippen LogP contribution in [0.4, 0.5) is 4.39 Å². The van der Waals surface area contributed by atoms with E-state index in [1.165, 1.54) is 12.3 Å². The number of aliphatic hydroxyl groups excluding tert-OH is 1. The molecule has 3 heteroatoms. The van der Waals surface area contributed by atoms with Gasteiger partial charge in [-0.05, 0) is 54.9 Å². The number of aliphatic hydroxyl groups is 1. The van der Waals surface area contributed by atoms with E-state index in [-0.39, 0.29) is 5.56 Å². The van der Waals surface area contributed by atoms with E-state index in [1.54, 1.807) is 6.07 Å². The molecule has 0 amide bonds. The fourth-order valence-electron chi connectivity index (χ4n) is 2.33. The first-order chi connectivity index (χ1) is 8.24. The van der Waals surface area contributed by atoms with Gasteiger partial charge in [0, 0.05) is 0 Å². The Hall–Kier alpha value is -1.82. The second kappa shape index (κ2) is 5.01. The zero-order valence-electron chi connectivity index (χ0n) is 9.49. The van der Waals surface area contributed by atoms with Crippen LogP contribution in [0.2, 0.25) is 0 Å². The standard InChI is InChI=1S/C14H14FNO/c15-14-7-12(5-6-13(14)8-16)11-3-1-10(9-17)2-4-11/h5-7,9,11,17H,1-4H2. The molecule has 1 aromatic rings. The Morgan fingerprint density at radius 1 is 1.35 bits per heavy atom. The molecule has 0 saturated heterocycles. The fourth-order valence-corrected chi connectivity index (χ4v) is 2.33. The highest BCUT2D eigenvalue weighted by Gasteiger charge is 2.19. The van der Waals surface area contributed by atoms with Gasteiger partial charge in [-0.3, -0.25) is 0 Å². The molecule has 2 nitrogen and oxygen atoms in total. The van der Waals surface area contributed by atoms with Gasteiger partial charge >= 0.3 is 0 Å². The molecule has 88 valence electrons. The molecule has 0 aliphatic heterocycles. The predicted molar refractivity (Wildman–Crippen MR) is 63.0 cm³/mol. The Labute approximate surface area is 100 Å². The Morgan fingerprint density at radius 3 is 2.59 bits per heavy atom. The van der Waals surface area contributed by atoms with Gasteiger partial charge in [0.15, 0.2) is 0 Å². The summed E-state index contributed by atoms with van der Waals surface area (Å²) in [4.78, 5) is 0. The summed E-state index contributed by atoms with van der Waals surface area (Å²) in [6, 6.07) is 6.67. The van der Waals surface area contributed by atoms with Crippen molar-refractivity contribution in [2.45, 2.75) is 31.6 Å². The molecule has 0 heterocycles. The van der Waals surface area contributed by atoms with Crippen LogP contribution >= 0.6 is 0 Å². The van der Waals surface area contributed by atoms with Crippen molar-refractivity contribution in [3.8, 4) is 6.07 Å². The number of hydrogen-bond donors (Lipinski definition) is 1. The lowest BCUT2D eigenvalue weighted by molar-refractivity contribution is 0.438. The van der Waals surface area contributed by atoms with Gasteiger partial charge in [0.25, 0.3) is 0 Å². The smallest absolute Gasteiger partial charge is 0.141 e. The lowest BCUT2D eigenvalue weighted by atomic mass is 9.82. The van der Waals surface area contributed by atoms with Crippen molar-refractivity contribution < 1.29 is 9.50 Å². The number of benzene rings is 1. The van der Waals surface area contributed by atoms with Gasteiger partial charge in [-0.15, -0.1) is 0 Å². The average Bonchev–Trinajstić information content (AvgIpc) is 2.39. The summed E-state index contributed by atoms with van der Waals surface area (Å²) >= 11 is 0. The molecule has 0 aromatic heterocycles. The van der Waals surface area contributed by atoms with Crippen molar-refractivity contribution in [3.05, 3.63) is 47.0 Å². The largest absolute Gasteiger partial charge is 0.516 e. The maximum Gasteiger partial charge on any atom is 0.141 e. The van der Waals surface area contributed by atoms with E-state index in [1.807, 2.05) is 12.1 Å². The van der Waals surface area contributed by atoms with Crippen LogP contribution in [0.15, 0.2) is 30.0 Å². The van der Waals surface area contributed by atoms with Gasteiger partial charge in [0.05, 0.1) is 11.8 Å². The predicted octanol–water partition coefficient (Wildman–Crippen LogP) is 3.80. The molecule has 17 heavy (non-hydrogen) atoms. The van der Waals surface area contributed by atoms with E-state index < -0.39 is 5.82 Å². The minimum atomic E-state index is -0.437. The maximum absolute atomic E-state index is 13.5. The van der Waals surface area contributed by atoms with E-state index in [2.05, 4.69) is 0 Å². The summed E-state index contributed by atoms with van der Waals surface area (Å²) in [6.07, 6.45) is 4.77. The zero-order chi connectivity index (χ0) is 12.3. The molecule has 1 aromatic carbocycles. The molecular formula is C14H14FNO. The third-order valence-electron chi connectivity index (χ3n) is 3.40. The van der Waals surface area contributed by atoms with Crippen molar-refractivity contribution in [1.82, 2.24) is 0 Å². The Morgan fingerprint density at radius 2 is 2.06 bits per heavy atom. The molecule has 1 aliphatic rings. The fraction of sp³-hybridized carbons (Fsp3) is 0.357. The summed E-state index contributed by atoms with van der Waals surface area (Å²) in [7, 11) is 0. The number of allylic oxidation sites excluding steroid dienone is 1. The molecule has 0 spiro atoms. The topological polar surface area (TPSA) is 44.0 Å². The Bertz CT molecular complexity index is 477. The van der Waals surface area contributed by atoms with Gasteiger partial charge < -0.3 is 5.11 Å². The molecule has 1 N–H and O–H groups in total. The van der Waals surface area contributed by atoms with Gasteiger partial charge in [0.2, 0.25) is 0 Å². The van der Waals surface area contributed by atoms with Crippen LogP contribution in [0, 0.1) is 17.1 Å². The van der Waals surface area contributed by atoms with Crippen molar-refractivity contribution in [3.63, 3.8) is 0 Å². The Balaban J connectivity index is 2.14. The van der Waals surface area contributed by atoms with Crippen molar-refractivity contribution in [2.75, 3.05) is 0 Å². The average molecular weight is 231 g/mol. The number of nitrogens with zero attached hydrogens (tertiary/aromatic N) is 1. The lowest BCUT2D eigenvalue weighted by Crippen LogP contribution is -2.07. The van der Waals surface area contributed by atoms with Crippen LogP contribution in [0.3, 0.4) is 0 Å². The van der Waals surface area contributed by atoms with E-state index in [4.69, 9.17) is 10.4 Å². The SMILES string of the molecule is N#Cc1ccc(C2CCC(=CO)CC2)cc1F. The monoisotopic (exact) mass is 231 g/mol. The third kappa shape index (κ3) is 2.47. The van der Waals surface area contributed by atoms with E-state index in [0.29, 0.717) is 5.92 Å². The van der Waals surface area contributed by atoms with Crippen LogP contribution in [-0.4, -0.2) is 5.11 Å². The molecule has 0 unspecified atom stereocenters. The first-order valence-electron chi connectivity index (χ1n) is 5.76. The summed E-state index contributed by atoms with van der Waals surface area (Å²) in [5, 5.41) is 17.6. The second-order valence-electron chi connectivity index (χ2n) is 4.41.